The molecule has 1 aromatic heterocycles. The predicted molar refractivity (Wildman–Crippen MR) is 96.2 cm³/mol. The molecule has 0 radical (unpaired) electrons. The minimum atomic E-state index is -0.373. The van der Waals surface area contributed by atoms with E-state index in [0.717, 1.165) is 18.4 Å². The van der Waals surface area contributed by atoms with Crippen LogP contribution < -0.4 is 0 Å². The van der Waals surface area contributed by atoms with Gasteiger partial charge in [0.25, 0.3) is 5.91 Å². The second-order valence-corrected chi connectivity index (χ2v) is 6.60. The highest BCUT2D eigenvalue weighted by Crippen LogP contribution is 2.21. The lowest BCUT2D eigenvalue weighted by molar-refractivity contribution is -0.138. The summed E-state index contributed by atoms with van der Waals surface area (Å²) >= 11 is 0. The molecule has 8 nitrogen and oxygen atoms in total. The molecule has 2 heterocycles. The first kappa shape index (κ1) is 18.0. The Hall–Kier alpha value is -2.77. The number of nitrogens with zero attached hydrogens (tertiary/aromatic N) is 6. The fraction of sp³-hybridized carbons (Fsp3) is 0.500. The zero-order valence-electron chi connectivity index (χ0n) is 15.4. The Balaban J connectivity index is 1.79. The van der Waals surface area contributed by atoms with E-state index in [1.807, 2.05) is 12.1 Å². The van der Waals surface area contributed by atoms with Gasteiger partial charge in [-0.3, -0.25) is 9.59 Å². The van der Waals surface area contributed by atoms with E-state index < -0.39 is 0 Å². The number of carbonyl (C=O) groups is 2. The molecule has 1 aliphatic heterocycles. The van der Waals surface area contributed by atoms with Crippen molar-refractivity contribution in [1.29, 1.82) is 0 Å². The lowest BCUT2D eigenvalue weighted by atomic mass is 10.0. The van der Waals surface area contributed by atoms with Crippen LogP contribution in [0.4, 0.5) is 0 Å². The van der Waals surface area contributed by atoms with Crippen molar-refractivity contribution >= 4 is 11.8 Å². The number of tetrazole rings is 1. The largest absolute Gasteiger partial charge is 0.342 e. The van der Waals surface area contributed by atoms with Crippen molar-refractivity contribution in [2.75, 3.05) is 20.1 Å². The lowest BCUT2D eigenvalue weighted by Gasteiger charge is -2.39. The van der Waals surface area contributed by atoms with Crippen LogP contribution in [0.1, 0.15) is 36.5 Å². The van der Waals surface area contributed by atoms with Gasteiger partial charge in [-0.2, -0.15) is 4.80 Å². The van der Waals surface area contributed by atoms with Gasteiger partial charge < -0.3 is 9.80 Å². The molecule has 1 aromatic carbocycles. The Kier molecular flexibility index (Phi) is 5.29. The Morgan fingerprint density at radius 2 is 1.92 bits per heavy atom. The van der Waals surface area contributed by atoms with Gasteiger partial charge in [0.1, 0.15) is 6.04 Å². The molecule has 2 aromatic rings. The van der Waals surface area contributed by atoms with Crippen LogP contribution >= 0.6 is 0 Å². The highest BCUT2D eigenvalue weighted by molar-refractivity contribution is 5.98. The van der Waals surface area contributed by atoms with E-state index in [2.05, 4.69) is 22.3 Å². The van der Waals surface area contributed by atoms with Gasteiger partial charge in [0.15, 0.2) is 0 Å². The number of unbranched alkanes of at least 4 members (excludes halogenated alkanes) is 1. The number of aryl methyl sites for hydroxylation is 1. The van der Waals surface area contributed by atoms with E-state index in [-0.39, 0.29) is 17.9 Å². The molecule has 1 saturated heterocycles. The molecule has 0 N–H and O–H groups in total. The quantitative estimate of drug-likeness (QED) is 0.807. The van der Waals surface area contributed by atoms with E-state index >= 15 is 0 Å². The minimum Gasteiger partial charge on any atom is -0.342 e. The zero-order chi connectivity index (χ0) is 18.7. The summed E-state index contributed by atoms with van der Waals surface area (Å²) in [7, 11) is 3.50. The van der Waals surface area contributed by atoms with Crippen LogP contribution in [0, 0.1) is 0 Å². The number of carbonyl (C=O) groups excluding carboxylic acids is 2. The van der Waals surface area contributed by atoms with E-state index in [1.165, 1.54) is 4.80 Å². The third-order valence-electron chi connectivity index (χ3n) is 4.70. The average Bonchev–Trinajstić information content (AvgIpc) is 3.09. The van der Waals surface area contributed by atoms with Gasteiger partial charge in [-0.05, 0) is 23.8 Å². The number of benzene rings is 1. The second-order valence-electron chi connectivity index (χ2n) is 6.60. The number of aromatic nitrogens is 4. The molecule has 8 heteroatoms. The first-order chi connectivity index (χ1) is 12.5. The smallest absolute Gasteiger partial charge is 0.254 e. The summed E-state index contributed by atoms with van der Waals surface area (Å²) in [5, 5.41) is 11.9. The SMILES string of the molecule is CCCC[C@H]1C(=O)N(C)CCN1C(=O)c1ccc(-c2nnn(C)n2)cc1. The highest BCUT2D eigenvalue weighted by Gasteiger charge is 2.35. The van der Waals surface area contributed by atoms with E-state index in [4.69, 9.17) is 0 Å². The van der Waals surface area contributed by atoms with Crippen LogP contribution in [0.5, 0.6) is 0 Å². The number of amides is 2. The van der Waals surface area contributed by atoms with Crippen molar-refractivity contribution < 1.29 is 9.59 Å². The first-order valence-corrected chi connectivity index (χ1v) is 8.91. The summed E-state index contributed by atoms with van der Waals surface area (Å²) in [6.07, 6.45) is 2.62. The standard InChI is InChI=1S/C18H24N6O2/c1-4-5-6-15-18(26)22(2)11-12-24(15)17(25)14-9-7-13(8-10-14)16-19-21-23(3)20-16/h7-10,15H,4-6,11-12H2,1-3H3/t15-/m0/s1. The maximum atomic E-state index is 13.0. The molecule has 1 aliphatic rings. The molecule has 0 unspecified atom stereocenters. The molecule has 0 aliphatic carbocycles. The Labute approximate surface area is 152 Å². The monoisotopic (exact) mass is 356 g/mol. The summed E-state index contributed by atoms with van der Waals surface area (Å²) in [5.41, 5.74) is 1.36. The first-order valence-electron chi connectivity index (χ1n) is 8.91. The summed E-state index contributed by atoms with van der Waals surface area (Å²) in [6, 6.07) is 6.76. The molecule has 1 atom stereocenters. The van der Waals surface area contributed by atoms with E-state index in [1.54, 1.807) is 36.0 Å². The molecule has 2 amide bonds. The molecule has 26 heavy (non-hydrogen) atoms. The number of hydrogen-bond acceptors (Lipinski definition) is 5. The summed E-state index contributed by atoms with van der Waals surface area (Å²) < 4.78 is 0. The topological polar surface area (TPSA) is 84.2 Å². The van der Waals surface area contributed by atoms with Crippen molar-refractivity contribution in [3.8, 4) is 11.4 Å². The maximum absolute atomic E-state index is 13.0. The number of hydrogen-bond donors (Lipinski definition) is 0. The summed E-state index contributed by atoms with van der Waals surface area (Å²) in [4.78, 5) is 30.3. The van der Waals surface area contributed by atoms with Gasteiger partial charge in [-0.15, -0.1) is 10.2 Å². The van der Waals surface area contributed by atoms with Gasteiger partial charge in [-0.25, -0.2) is 0 Å². The molecular weight excluding hydrogens is 332 g/mol. The third-order valence-corrected chi connectivity index (χ3v) is 4.70. The third kappa shape index (κ3) is 3.58. The molecule has 3 rings (SSSR count). The van der Waals surface area contributed by atoms with Crippen LogP contribution in [0.25, 0.3) is 11.4 Å². The van der Waals surface area contributed by atoms with Gasteiger partial charge in [0.05, 0.1) is 7.05 Å². The molecule has 0 saturated carbocycles. The highest BCUT2D eigenvalue weighted by atomic mass is 16.2. The van der Waals surface area contributed by atoms with E-state index in [9.17, 15) is 9.59 Å². The Bertz CT molecular complexity index is 785. The van der Waals surface area contributed by atoms with Crippen LogP contribution in [0.3, 0.4) is 0 Å². The Morgan fingerprint density at radius 1 is 1.19 bits per heavy atom. The maximum Gasteiger partial charge on any atom is 0.254 e. The zero-order valence-corrected chi connectivity index (χ0v) is 15.4. The minimum absolute atomic E-state index is 0.0263. The van der Waals surface area contributed by atoms with Crippen molar-refractivity contribution in [2.24, 2.45) is 7.05 Å². The second kappa shape index (κ2) is 7.63. The molecule has 1 fully saturated rings. The van der Waals surface area contributed by atoms with Crippen molar-refractivity contribution in [2.45, 2.75) is 32.2 Å². The molecular formula is C18H24N6O2. The fourth-order valence-electron chi connectivity index (χ4n) is 3.16. The summed E-state index contributed by atoms with van der Waals surface area (Å²) in [5.74, 6) is 0.437. The van der Waals surface area contributed by atoms with Crippen LogP contribution in [0.2, 0.25) is 0 Å². The Morgan fingerprint density at radius 3 is 2.54 bits per heavy atom. The number of likely N-dealkylation sites (N-methyl/N-ethyl adjacent to an activating group) is 1. The van der Waals surface area contributed by atoms with Crippen LogP contribution in [-0.2, 0) is 11.8 Å². The van der Waals surface area contributed by atoms with Gasteiger partial charge in [0, 0.05) is 31.3 Å². The lowest BCUT2D eigenvalue weighted by Crippen LogP contribution is -2.57. The van der Waals surface area contributed by atoms with E-state index in [0.29, 0.717) is 30.9 Å². The van der Waals surface area contributed by atoms with Gasteiger partial charge in [-0.1, -0.05) is 31.9 Å². The van der Waals surface area contributed by atoms with Crippen molar-refractivity contribution in [3.05, 3.63) is 29.8 Å². The molecule has 0 spiro atoms. The molecule has 138 valence electrons. The van der Waals surface area contributed by atoms with Gasteiger partial charge >= 0.3 is 0 Å². The van der Waals surface area contributed by atoms with Crippen molar-refractivity contribution in [1.82, 2.24) is 30.0 Å². The molecule has 0 bridgehead atoms. The number of piperazine rings is 1. The van der Waals surface area contributed by atoms with Crippen molar-refractivity contribution in [3.63, 3.8) is 0 Å². The van der Waals surface area contributed by atoms with Crippen LogP contribution in [0.15, 0.2) is 24.3 Å². The van der Waals surface area contributed by atoms with Gasteiger partial charge in [0.2, 0.25) is 11.7 Å². The average molecular weight is 356 g/mol. The predicted octanol–water partition coefficient (Wildman–Crippen LogP) is 1.35. The van der Waals surface area contributed by atoms with Crippen LogP contribution in [-0.4, -0.2) is 68.0 Å². The summed E-state index contributed by atoms with van der Waals surface area (Å²) in [6.45, 7) is 3.21. The number of rotatable bonds is 5. The fourth-order valence-corrected chi connectivity index (χ4v) is 3.16. The normalized spacial score (nSPS) is 17.7.